The smallest absolute Gasteiger partial charge is 0.313 e. The van der Waals surface area contributed by atoms with Crippen LogP contribution in [0.2, 0.25) is 0 Å². The Hall–Kier alpha value is -1.32. The summed E-state index contributed by atoms with van der Waals surface area (Å²) in [5, 5.41) is 9.17. The molecule has 0 heterocycles. The first kappa shape index (κ1) is 13.7. The first-order valence-electron chi connectivity index (χ1n) is 6.01. The number of carboxylic acid groups (broad SMARTS) is 1. The van der Waals surface area contributed by atoms with Gasteiger partial charge in [-0.05, 0) is 25.7 Å². The highest BCUT2D eigenvalue weighted by molar-refractivity contribution is 5.80. The van der Waals surface area contributed by atoms with E-state index in [1.54, 1.807) is 19.1 Å². The third-order valence-corrected chi connectivity index (χ3v) is 3.52. The molecular weight excluding hydrogens is 220 g/mol. The zero-order valence-electron chi connectivity index (χ0n) is 10.6. The molecule has 0 aromatic heterocycles. The van der Waals surface area contributed by atoms with Gasteiger partial charge in [0.05, 0.1) is 17.9 Å². The molecule has 1 N–H and O–H groups in total. The average Bonchev–Trinajstić information content (AvgIpc) is 2.29. The van der Waals surface area contributed by atoms with Crippen LogP contribution in [-0.2, 0) is 14.3 Å². The topological polar surface area (TPSA) is 63.6 Å². The molecule has 0 bridgehead atoms. The summed E-state index contributed by atoms with van der Waals surface area (Å²) in [5.74, 6) is -1.47. The van der Waals surface area contributed by atoms with Gasteiger partial charge in [-0.15, -0.1) is 0 Å². The van der Waals surface area contributed by atoms with Crippen molar-refractivity contribution >= 4 is 11.9 Å². The van der Waals surface area contributed by atoms with E-state index in [9.17, 15) is 9.59 Å². The Morgan fingerprint density at radius 3 is 2.65 bits per heavy atom. The first-order chi connectivity index (χ1) is 7.91. The molecule has 4 heteroatoms. The van der Waals surface area contributed by atoms with Gasteiger partial charge in [-0.2, -0.15) is 0 Å². The lowest BCUT2D eigenvalue weighted by Gasteiger charge is -2.34. The predicted octanol–water partition coefficient (Wildman–Crippen LogP) is 2.24. The van der Waals surface area contributed by atoms with Gasteiger partial charge < -0.3 is 9.84 Å². The highest BCUT2D eigenvalue weighted by Crippen LogP contribution is 2.38. The van der Waals surface area contributed by atoms with Crippen molar-refractivity contribution in [2.45, 2.75) is 33.6 Å². The van der Waals surface area contributed by atoms with Crippen LogP contribution in [-0.4, -0.2) is 23.7 Å². The predicted molar refractivity (Wildman–Crippen MR) is 63.4 cm³/mol. The monoisotopic (exact) mass is 240 g/mol. The SMILES string of the molecule is CCCOC(=O)C1C=CC(C)(C(=O)O)C(C)C1. The second kappa shape index (κ2) is 5.34. The van der Waals surface area contributed by atoms with Crippen LogP contribution in [0.5, 0.6) is 0 Å². The zero-order valence-corrected chi connectivity index (χ0v) is 10.6. The summed E-state index contributed by atoms with van der Waals surface area (Å²) < 4.78 is 5.07. The molecule has 1 aliphatic rings. The molecule has 1 rings (SSSR count). The lowest BCUT2D eigenvalue weighted by atomic mass is 9.69. The molecule has 96 valence electrons. The number of aliphatic carboxylic acids is 1. The third kappa shape index (κ3) is 2.87. The summed E-state index contributed by atoms with van der Waals surface area (Å²) in [7, 11) is 0. The molecule has 0 amide bonds. The van der Waals surface area contributed by atoms with E-state index in [2.05, 4.69) is 0 Å². The summed E-state index contributed by atoms with van der Waals surface area (Å²) in [5.41, 5.74) is -0.873. The van der Waals surface area contributed by atoms with E-state index < -0.39 is 11.4 Å². The highest BCUT2D eigenvalue weighted by Gasteiger charge is 2.41. The molecule has 3 unspecified atom stereocenters. The zero-order chi connectivity index (χ0) is 13.1. The van der Waals surface area contributed by atoms with Gasteiger partial charge in [0, 0.05) is 0 Å². The molecule has 0 saturated heterocycles. The van der Waals surface area contributed by atoms with Crippen LogP contribution in [0.1, 0.15) is 33.6 Å². The lowest BCUT2D eigenvalue weighted by molar-refractivity contribution is -0.152. The molecular formula is C13H20O4. The van der Waals surface area contributed by atoms with Gasteiger partial charge >= 0.3 is 11.9 Å². The fourth-order valence-corrected chi connectivity index (χ4v) is 1.95. The maximum absolute atomic E-state index is 11.7. The van der Waals surface area contributed by atoms with E-state index in [0.29, 0.717) is 13.0 Å². The van der Waals surface area contributed by atoms with Crippen LogP contribution in [0.4, 0.5) is 0 Å². The van der Waals surface area contributed by atoms with E-state index in [0.717, 1.165) is 6.42 Å². The molecule has 0 aromatic carbocycles. The lowest BCUT2D eigenvalue weighted by Crippen LogP contribution is -2.38. The van der Waals surface area contributed by atoms with Gasteiger partial charge in [-0.1, -0.05) is 26.0 Å². The third-order valence-electron chi connectivity index (χ3n) is 3.52. The maximum Gasteiger partial charge on any atom is 0.313 e. The molecule has 0 spiro atoms. The van der Waals surface area contributed by atoms with Crippen molar-refractivity contribution in [1.29, 1.82) is 0 Å². The molecule has 0 aliphatic heterocycles. The van der Waals surface area contributed by atoms with Crippen LogP contribution in [0.25, 0.3) is 0 Å². The molecule has 17 heavy (non-hydrogen) atoms. The summed E-state index contributed by atoms with van der Waals surface area (Å²) in [6, 6.07) is 0. The quantitative estimate of drug-likeness (QED) is 0.604. The van der Waals surface area contributed by atoms with Crippen LogP contribution in [0.3, 0.4) is 0 Å². The van der Waals surface area contributed by atoms with Gasteiger partial charge in [0.1, 0.15) is 0 Å². The normalized spacial score (nSPS) is 32.2. The summed E-state index contributed by atoms with van der Waals surface area (Å²) in [4.78, 5) is 22.8. The Bertz CT molecular complexity index is 334. The molecule has 0 aromatic rings. The number of carbonyl (C=O) groups is 2. The van der Waals surface area contributed by atoms with Crippen molar-refractivity contribution in [3.63, 3.8) is 0 Å². The van der Waals surface area contributed by atoms with Crippen LogP contribution in [0, 0.1) is 17.3 Å². The first-order valence-corrected chi connectivity index (χ1v) is 6.01. The summed E-state index contributed by atoms with van der Waals surface area (Å²) >= 11 is 0. The molecule has 4 nitrogen and oxygen atoms in total. The van der Waals surface area contributed by atoms with Gasteiger partial charge in [0.25, 0.3) is 0 Å². The van der Waals surface area contributed by atoms with Crippen LogP contribution >= 0.6 is 0 Å². The van der Waals surface area contributed by atoms with E-state index >= 15 is 0 Å². The van der Waals surface area contributed by atoms with Crippen molar-refractivity contribution in [2.24, 2.45) is 17.3 Å². The summed E-state index contributed by atoms with van der Waals surface area (Å²) in [6.45, 7) is 5.91. The van der Waals surface area contributed by atoms with Gasteiger partial charge in [0.2, 0.25) is 0 Å². The van der Waals surface area contributed by atoms with Crippen molar-refractivity contribution in [3.8, 4) is 0 Å². The summed E-state index contributed by atoms with van der Waals surface area (Å²) in [6.07, 6.45) is 4.62. The van der Waals surface area contributed by atoms with E-state index in [-0.39, 0.29) is 17.8 Å². The second-order valence-electron chi connectivity index (χ2n) is 4.86. The number of rotatable bonds is 4. The van der Waals surface area contributed by atoms with Crippen molar-refractivity contribution in [3.05, 3.63) is 12.2 Å². The standard InChI is InChI=1S/C13H20O4/c1-4-7-17-11(14)10-5-6-13(3,12(15)16)9(2)8-10/h5-6,9-10H,4,7-8H2,1-3H3,(H,15,16). The number of esters is 1. The highest BCUT2D eigenvalue weighted by atomic mass is 16.5. The van der Waals surface area contributed by atoms with Crippen LogP contribution < -0.4 is 0 Å². The van der Waals surface area contributed by atoms with Crippen molar-refractivity contribution in [2.75, 3.05) is 6.61 Å². The largest absolute Gasteiger partial charge is 0.481 e. The number of hydrogen-bond donors (Lipinski definition) is 1. The Kier molecular flexibility index (Phi) is 4.32. The van der Waals surface area contributed by atoms with Crippen LogP contribution in [0.15, 0.2) is 12.2 Å². The fourth-order valence-electron chi connectivity index (χ4n) is 1.95. The van der Waals surface area contributed by atoms with E-state index in [4.69, 9.17) is 9.84 Å². The number of ether oxygens (including phenoxy) is 1. The average molecular weight is 240 g/mol. The van der Waals surface area contributed by atoms with E-state index in [1.807, 2.05) is 13.8 Å². The molecule has 0 radical (unpaired) electrons. The van der Waals surface area contributed by atoms with Gasteiger partial charge in [0.15, 0.2) is 0 Å². The second-order valence-corrected chi connectivity index (χ2v) is 4.86. The molecule has 3 atom stereocenters. The maximum atomic E-state index is 11.7. The number of hydrogen-bond acceptors (Lipinski definition) is 3. The Morgan fingerprint density at radius 1 is 1.53 bits per heavy atom. The van der Waals surface area contributed by atoms with Gasteiger partial charge in [-0.3, -0.25) is 9.59 Å². The Morgan fingerprint density at radius 2 is 2.18 bits per heavy atom. The number of carboxylic acids is 1. The molecule has 0 saturated carbocycles. The van der Waals surface area contributed by atoms with Crippen molar-refractivity contribution < 1.29 is 19.4 Å². The fraction of sp³-hybridized carbons (Fsp3) is 0.692. The van der Waals surface area contributed by atoms with E-state index in [1.165, 1.54) is 0 Å². The minimum Gasteiger partial charge on any atom is -0.481 e. The number of carbonyl (C=O) groups excluding carboxylic acids is 1. The molecule has 1 aliphatic carbocycles. The minimum absolute atomic E-state index is 0.0795. The molecule has 0 fully saturated rings. The van der Waals surface area contributed by atoms with Crippen molar-refractivity contribution in [1.82, 2.24) is 0 Å². The Balaban J connectivity index is 2.72. The minimum atomic E-state index is -0.873. The Labute approximate surface area is 102 Å². The van der Waals surface area contributed by atoms with Gasteiger partial charge in [-0.25, -0.2) is 0 Å².